The lowest BCUT2D eigenvalue weighted by Gasteiger charge is -2.23. The van der Waals surface area contributed by atoms with Gasteiger partial charge in [0.2, 0.25) is 21.9 Å². The summed E-state index contributed by atoms with van der Waals surface area (Å²) in [6.07, 6.45) is 3.80. The molecule has 1 aromatic heterocycles. The average Bonchev–Trinajstić information content (AvgIpc) is 2.73. The zero-order valence-electron chi connectivity index (χ0n) is 16.6. The Labute approximate surface area is 193 Å². The molecule has 0 saturated heterocycles. The Morgan fingerprint density at radius 2 is 1.59 bits per heavy atom. The molecule has 1 heterocycles. The lowest BCUT2D eigenvalue weighted by molar-refractivity contribution is -0.114. The molecular formula is C19H18BrN5O5S2. The fraction of sp³-hybridized carbons (Fsp3) is 0.105. The second-order valence-electron chi connectivity index (χ2n) is 6.47. The quantitative estimate of drug-likeness (QED) is 0.448. The molecule has 10 nitrogen and oxygen atoms in total. The lowest BCUT2D eigenvalue weighted by Crippen LogP contribution is -2.37. The topological polar surface area (TPSA) is 138 Å². The van der Waals surface area contributed by atoms with Crippen LogP contribution in [-0.4, -0.2) is 45.5 Å². The molecule has 0 radical (unpaired) electrons. The fourth-order valence-electron chi connectivity index (χ4n) is 2.61. The fourth-order valence-corrected chi connectivity index (χ4v) is 5.06. The van der Waals surface area contributed by atoms with Crippen LogP contribution in [-0.2, 0) is 24.8 Å². The normalized spacial score (nSPS) is 11.6. The Morgan fingerprint density at radius 1 is 0.969 bits per heavy atom. The summed E-state index contributed by atoms with van der Waals surface area (Å²) in [5.74, 6) is -0.671. The van der Waals surface area contributed by atoms with Gasteiger partial charge in [0, 0.05) is 22.6 Å². The van der Waals surface area contributed by atoms with Gasteiger partial charge in [-0.2, -0.15) is 0 Å². The number of rotatable bonds is 8. The van der Waals surface area contributed by atoms with E-state index in [0.29, 0.717) is 15.8 Å². The van der Waals surface area contributed by atoms with Crippen molar-refractivity contribution >= 4 is 59.2 Å². The summed E-state index contributed by atoms with van der Waals surface area (Å²) in [5.41, 5.74) is 0.617. The van der Waals surface area contributed by atoms with Gasteiger partial charge < -0.3 is 5.32 Å². The second kappa shape index (κ2) is 9.63. The van der Waals surface area contributed by atoms with E-state index < -0.39 is 32.5 Å². The van der Waals surface area contributed by atoms with Crippen molar-refractivity contribution in [3.8, 4) is 0 Å². The molecule has 3 aromatic rings. The van der Waals surface area contributed by atoms with Crippen molar-refractivity contribution < 1.29 is 21.6 Å². The molecule has 0 aliphatic heterocycles. The first-order valence-electron chi connectivity index (χ1n) is 8.98. The summed E-state index contributed by atoms with van der Waals surface area (Å²) in [6, 6.07) is 13.5. The van der Waals surface area contributed by atoms with Crippen molar-refractivity contribution in [1.29, 1.82) is 0 Å². The number of aromatic nitrogens is 2. The predicted molar refractivity (Wildman–Crippen MR) is 124 cm³/mol. The van der Waals surface area contributed by atoms with Crippen LogP contribution in [0.25, 0.3) is 0 Å². The smallest absolute Gasteiger partial charge is 0.264 e. The van der Waals surface area contributed by atoms with E-state index in [0.717, 1.165) is 10.6 Å². The van der Waals surface area contributed by atoms with E-state index in [1.807, 2.05) is 0 Å². The van der Waals surface area contributed by atoms with E-state index >= 15 is 0 Å². The first kappa shape index (κ1) is 23.6. The molecule has 168 valence electrons. The molecule has 2 N–H and O–H groups in total. The predicted octanol–water partition coefficient (Wildman–Crippen LogP) is 2.44. The zero-order valence-corrected chi connectivity index (χ0v) is 19.9. The zero-order chi connectivity index (χ0) is 23.4. The van der Waals surface area contributed by atoms with Gasteiger partial charge in [-0.05, 0) is 58.4 Å². The first-order chi connectivity index (χ1) is 15.1. The molecular weight excluding hydrogens is 522 g/mol. The SMILES string of the molecule is CS(=O)(=O)N(CC(=O)Nc1ccc(S(=O)(=O)Nc2ncccn2)cc1)c1ccccc1Br. The van der Waals surface area contributed by atoms with Gasteiger partial charge >= 0.3 is 0 Å². The van der Waals surface area contributed by atoms with Crippen LogP contribution in [0.2, 0.25) is 0 Å². The number of sulfonamides is 2. The van der Waals surface area contributed by atoms with E-state index in [2.05, 4.69) is 35.9 Å². The largest absolute Gasteiger partial charge is 0.325 e. The maximum atomic E-state index is 12.5. The molecule has 0 bridgehead atoms. The molecule has 2 aromatic carbocycles. The molecule has 32 heavy (non-hydrogen) atoms. The van der Waals surface area contributed by atoms with Gasteiger partial charge in [-0.3, -0.25) is 9.10 Å². The molecule has 0 spiro atoms. The molecule has 0 unspecified atom stereocenters. The van der Waals surface area contributed by atoms with Crippen molar-refractivity contribution in [2.45, 2.75) is 4.90 Å². The minimum atomic E-state index is -3.92. The maximum Gasteiger partial charge on any atom is 0.264 e. The Hall–Kier alpha value is -3.03. The van der Waals surface area contributed by atoms with Gasteiger partial charge in [0.15, 0.2) is 0 Å². The molecule has 0 saturated carbocycles. The maximum absolute atomic E-state index is 12.5. The molecule has 13 heteroatoms. The van der Waals surface area contributed by atoms with E-state index in [-0.39, 0.29) is 10.8 Å². The number of para-hydroxylation sites is 1. The number of carbonyl (C=O) groups is 1. The van der Waals surface area contributed by atoms with Gasteiger partial charge in [-0.15, -0.1) is 0 Å². The summed E-state index contributed by atoms with van der Waals surface area (Å²) in [6.45, 7) is -0.464. The molecule has 0 fully saturated rings. The van der Waals surface area contributed by atoms with E-state index in [4.69, 9.17) is 0 Å². The Kier molecular flexibility index (Phi) is 7.11. The highest BCUT2D eigenvalue weighted by atomic mass is 79.9. The Morgan fingerprint density at radius 3 is 2.19 bits per heavy atom. The van der Waals surface area contributed by atoms with Crippen LogP contribution < -0.4 is 14.3 Å². The molecule has 0 atom stereocenters. The van der Waals surface area contributed by atoms with Gasteiger partial charge in [0.05, 0.1) is 16.8 Å². The Bertz CT molecular complexity index is 1320. The minimum absolute atomic E-state index is 0.0612. The summed E-state index contributed by atoms with van der Waals surface area (Å²) in [5, 5.41) is 2.56. The van der Waals surface area contributed by atoms with Crippen LogP contribution in [0.4, 0.5) is 17.3 Å². The van der Waals surface area contributed by atoms with Crippen LogP contribution in [0.1, 0.15) is 0 Å². The second-order valence-corrected chi connectivity index (χ2v) is 10.9. The van der Waals surface area contributed by atoms with Gasteiger partial charge in [0.25, 0.3) is 10.0 Å². The van der Waals surface area contributed by atoms with Crippen LogP contribution in [0, 0.1) is 0 Å². The van der Waals surface area contributed by atoms with Gasteiger partial charge in [-0.1, -0.05) is 12.1 Å². The molecule has 1 amide bonds. The highest BCUT2D eigenvalue weighted by molar-refractivity contribution is 9.10. The van der Waals surface area contributed by atoms with Crippen molar-refractivity contribution in [3.63, 3.8) is 0 Å². The number of hydrogen-bond donors (Lipinski definition) is 2. The number of amides is 1. The number of hydrogen-bond acceptors (Lipinski definition) is 7. The number of nitrogens with zero attached hydrogens (tertiary/aromatic N) is 3. The van der Waals surface area contributed by atoms with E-state index in [1.54, 1.807) is 30.3 Å². The van der Waals surface area contributed by atoms with E-state index in [1.165, 1.54) is 36.7 Å². The highest BCUT2D eigenvalue weighted by Crippen LogP contribution is 2.27. The van der Waals surface area contributed by atoms with Gasteiger partial charge in [-0.25, -0.2) is 31.5 Å². The Balaban J connectivity index is 1.72. The van der Waals surface area contributed by atoms with E-state index in [9.17, 15) is 21.6 Å². The highest BCUT2D eigenvalue weighted by Gasteiger charge is 2.23. The standard InChI is InChI=1S/C19H18BrN5O5S2/c1-31(27,28)25(17-6-3-2-5-16(17)20)13-18(26)23-14-7-9-15(10-8-14)32(29,30)24-19-21-11-4-12-22-19/h2-12H,13H2,1H3,(H,23,26)(H,21,22,24). The molecule has 3 rings (SSSR count). The third-order valence-corrected chi connectivity index (χ3v) is 7.19. The lowest BCUT2D eigenvalue weighted by atomic mass is 10.3. The van der Waals surface area contributed by atoms with Crippen molar-refractivity contribution in [2.75, 3.05) is 27.1 Å². The summed E-state index contributed by atoms with van der Waals surface area (Å²) >= 11 is 3.29. The van der Waals surface area contributed by atoms with Crippen LogP contribution in [0.5, 0.6) is 0 Å². The van der Waals surface area contributed by atoms with Crippen molar-refractivity contribution in [2.24, 2.45) is 0 Å². The molecule has 0 aliphatic rings. The number of nitrogens with one attached hydrogen (secondary N) is 2. The van der Waals surface area contributed by atoms with Crippen molar-refractivity contribution in [1.82, 2.24) is 9.97 Å². The number of anilines is 3. The third kappa shape index (κ3) is 6.02. The van der Waals surface area contributed by atoms with Crippen LogP contribution in [0.15, 0.2) is 76.4 Å². The first-order valence-corrected chi connectivity index (χ1v) is 13.1. The van der Waals surface area contributed by atoms with Crippen LogP contribution in [0.3, 0.4) is 0 Å². The average molecular weight is 540 g/mol. The van der Waals surface area contributed by atoms with Gasteiger partial charge in [0.1, 0.15) is 6.54 Å². The summed E-state index contributed by atoms with van der Waals surface area (Å²) in [7, 11) is -7.66. The summed E-state index contributed by atoms with van der Waals surface area (Å²) < 4.78 is 53.0. The van der Waals surface area contributed by atoms with Crippen molar-refractivity contribution in [3.05, 3.63) is 71.5 Å². The number of carbonyl (C=O) groups excluding carboxylic acids is 1. The monoisotopic (exact) mass is 539 g/mol. The summed E-state index contributed by atoms with van der Waals surface area (Å²) in [4.78, 5) is 20.1. The molecule has 0 aliphatic carbocycles. The number of benzene rings is 2. The minimum Gasteiger partial charge on any atom is -0.325 e. The third-order valence-electron chi connectivity index (χ3n) is 4.05. The van der Waals surface area contributed by atoms with Crippen LogP contribution >= 0.6 is 15.9 Å². The number of halogens is 1.